The van der Waals surface area contributed by atoms with E-state index in [9.17, 15) is 0 Å². The minimum absolute atomic E-state index is 0.158. The Kier molecular flexibility index (Phi) is 3.08. The highest BCUT2D eigenvalue weighted by Crippen LogP contribution is 2.29. The minimum Gasteiger partial charge on any atom is -0.338 e. The van der Waals surface area contributed by atoms with Gasteiger partial charge in [0.1, 0.15) is 0 Å². The lowest BCUT2D eigenvalue weighted by Crippen LogP contribution is -2.10. The van der Waals surface area contributed by atoms with Crippen LogP contribution in [0.4, 0.5) is 0 Å². The van der Waals surface area contributed by atoms with Crippen LogP contribution in [0, 0.1) is 0 Å². The van der Waals surface area contributed by atoms with Gasteiger partial charge in [0.25, 0.3) is 0 Å². The largest absolute Gasteiger partial charge is 0.338 e. The van der Waals surface area contributed by atoms with E-state index in [2.05, 4.69) is 10.1 Å². The van der Waals surface area contributed by atoms with E-state index in [0.717, 1.165) is 18.7 Å². The molecule has 1 aliphatic heterocycles. The first-order chi connectivity index (χ1) is 6.77. The van der Waals surface area contributed by atoms with Gasteiger partial charge in [0, 0.05) is 5.92 Å². The zero-order chi connectivity index (χ0) is 9.97. The van der Waals surface area contributed by atoms with Crippen molar-refractivity contribution in [2.45, 2.75) is 31.7 Å². The first-order valence-corrected chi connectivity index (χ1v) is 6.09. The molecule has 0 spiro atoms. The third-order valence-corrected chi connectivity index (χ3v) is 3.48. The van der Waals surface area contributed by atoms with Gasteiger partial charge in [-0.3, -0.25) is 0 Å². The molecule has 0 radical (unpaired) electrons. The first kappa shape index (κ1) is 9.98. The highest BCUT2D eigenvalue weighted by atomic mass is 32.2. The summed E-state index contributed by atoms with van der Waals surface area (Å²) < 4.78 is 5.09. The van der Waals surface area contributed by atoms with E-state index in [-0.39, 0.29) is 6.04 Å². The van der Waals surface area contributed by atoms with Crippen LogP contribution >= 0.6 is 11.8 Å². The van der Waals surface area contributed by atoms with Gasteiger partial charge in [-0.05, 0) is 31.3 Å². The summed E-state index contributed by atoms with van der Waals surface area (Å²) in [5.74, 6) is 4.28. The van der Waals surface area contributed by atoms with E-state index >= 15 is 0 Å². The zero-order valence-electron chi connectivity index (χ0n) is 8.27. The molecule has 1 aliphatic rings. The van der Waals surface area contributed by atoms with Crippen LogP contribution in [0.15, 0.2) is 4.52 Å². The second kappa shape index (κ2) is 4.31. The Hall–Kier alpha value is -0.550. The summed E-state index contributed by atoms with van der Waals surface area (Å²) in [4.78, 5) is 4.32. The number of nitrogens with zero attached hydrogens (tertiary/aromatic N) is 2. The smallest absolute Gasteiger partial charge is 0.243 e. The summed E-state index contributed by atoms with van der Waals surface area (Å²) in [5, 5.41) is 3.99. The molecule has 0 aromatic carbocycles. The highest BCUT2D eigenvalue weighted by molar-refractivity contribution is 7.99. The number of aromatic nitrogens is 2. The zero-order valence-corrected chi connectivity index (χ0v) is 9.09. The van der Waals surface area contributed by atoms with Crippen LogP contribution in [-0.2, 0) is 0 Å². The SMILES string of the molecule is CC(N)c1nc(C2CCSCC2)no1. The molecular weight excluding hydrogens is 198 g/mol. The van der Waals surface area contributed by atoms with Crippen molar-refractivity contribution < 1.29 is 4.52 Å². The molecular formula is C9H15N3OS. The Morgan fingerprint density at radius 2 is 2.21 bits per heavy atom. The predicted molar refractivity (Wildman–Crippen MR) is 56.2 cm³/mol. The highest BCUT2D eigenvalue weighted by Gasteiger charge is 2.21. The molecule has 1 atom stereocenters. The monoisotopic (exact) mass is 213 g/mol. The van der Waals surface area contributed by atoms with Crippen LogP contribution in [0.1, 0.15) is 43.4 Å². The number of hydrogen-bond acceptors (Lipinski definition) is 5. The number of rotatable bonds is 2. The maximum Gasteiger partial charge on any atom is 0.243 e. The summed E-state index contributed by atoms with van der Waals surface area (Å²) >= 11 is 2.00. The molecule has 0 bridgehead atoms. The van der Waals surface area contributed by atoms with Gasteiger partial charge in [-0.2, -0.15) is 16.7 Å². The normalized spacial score (nSPS) is 21.0. The lowest BCUT2D eigenvalue weighted by molar-refractivity contribution is 0.353. The Morgan fingerprint density at radius 1 is 1.50 bits per heavy atom. The molecule has 0 amide bonds. The summed E-state index contributed by atoms with van der Waals surface area (Å²) in [7, 11) is 0. The van der Waals surface area contributed by atoms with Crippen molar-refractivity contribution >= 4 is 11.8 Å². The standard InChI is InChI=1S/C9H15N3OS/c1-6(10)9-11-8(12-13-9)7-2-4-14-5-3-7/h6-7H,2-5,10H2,1H3. The fraction of sp³-hybridized carbons (Fsp3) is 0.778. The van der Waals surface area contributed by atoms with Crippen LogP contribution in [0.5, 0.6) is 0 Å². The van der Waals surface area contributed by atoms with Crippen molar-refractivity contribution in [2.75, 3.05) is 11.5 Å². The third-order valence-electron chi connectivity index (χ3n) is 2.43. The number of thioether (sulfide) groups is 1. The van der Waals surface area contributed by atoms with Gasteiger partial charge in [-0.15, -0.1) is 0 Å². The van der Waals surface area contributed by atoms with E-state index in [1.165, 1.54) is 11.5 Å². The fourth-order valence-electron chi connectivity index (χ4n) is 1.55. The second-order valence-electron chi connectivity index (χ2n) is 3.67. The van der Waals surface area contributed by atoms with Crippen LogP contribution in [0.3, 0.4) is 0 Å². The Morgan fingerprint density at radius 3 is 2.79 bits per heavy atom. The molecule has 0 saturated carbocycles. The quantitative estimate of drug-likeness (QED) is 0.810. The maximum atomic E-state index is 5.66. The van der Waals surface area contributed by atoms with Crippen molar-refractivity contribution in [1.29, 1.82) is 0 Å². The molecule has 0 aliphatic carbocycles. The van der Waals surface area contributed by atoms with Crippen molar-refractivity contribution in [3.63, 3.8) is 0 Å². The molecule has 1 unspecified atom stereocenters. The molecule has 2 heterocycles. The van der Waals surface area contributed by atoms with Crippen molar-refractivity contribution in [2.24, 2.45) is 5.73 Å². The first-order valence-electron chi connectivity index (χ1n) is 4.94. The molecule has 1 aromatic heterocycles. The maximum absolute atomic E-state index is 5.66. The van der Waals surface area contributed by atoms with Crippen LogP contribution in [-0.4, -0.2) is 21.6 Å². The summed E-state index contributed by atoms with van der Waals surface area (Å²) in [6.45, 7) is 1.86. The Labute approximate surface area is 87.6 Å². The van der Waals surface area contributed by atoms with E-state index in [1.54, 1.807) is 0 Å². The Bertz CT molecular complexity index is 294. The molecule has 1 aromatic rings. The van der Waals surface area contributed by atoms with Gasteiger partial charge in [-0.25, -0.2) is 0 Å². The lowest BCUT2D eigenvalue weighted by Gasteiger charge is -2.17. The predicted octanol–water partition coefficient (Wildman–Crippen LogP) is 1.70. The van der Waals surface area contributed by atoms with Gasteiger partial charge in [0.05, 0.1) is 6.04 Å². The Balaban J connectivity index is 2.07. The topological polar surface area (TPSA) is 64.9 Å². The molecule has 4 nitrogen and oxygen atoms in total. The lowest BCUT2D eigenvalue weighted by atomic mass is 10.0. The minimum atomic E-state index is -0.158. The van der Waals surface area contributed by atoms with Crippen molar-refractivity contribution in [3.8, 4) is 0 Å². The van der Waals surface area contributed by atoms with Crippen LogP contribution in [0.2, 0.25) is 0 Å². The fourth-order valence-corrected chi connectivity index (χ4v) is 2.66. The molecule has 2 N–H and O–H groups in total. The van der Waals surface area contributed by atoms with Crippen molar-refractivity contribution in [1.82, 2.24) is 10.1 Å². The molecule has 1 fully saturated rings. The second-order valence-corrected chi connectivity index (χ2v) is 4.89. The third kappa shape index (κ3) is 2.09. The molecule has 78 valence electrons. The molecule has 2 rings (SSSR count). The summed E-state index contributed by atoms with van der Waals surface area (Å²) in [5.41, 5.74) is 5.66. The molecule has 1 saturated heterocycles. The summed E-state index contributed by atoms with van der Waals surface area (Å²) in [6, 6.07) is -0.158. The van der Waals surface area contributed by atoms with Gasteiger partial charge in [-0.1, -0.05) is 5.16 Å². The van der Waals surface area contributed by atoms with Gasteiger partial charge in [0.2, 0.25) is 5.89 Å². The van der Waals surface area contributed by atoms with E-state index in [1.807, 2.05) is 18.7 Å². The van der Waals surface area contributed by atoms with Gasteiger partial charge < -0.3 is 10.3 Å². The molecule has 14 heavy (non-hydrogen) atoms. The average molecular weight is 213 g/mol. The van der Waals surface area contributed by atoms with E-state index < -0.39 is 0 Å². The van der Waals surface area contributed by atoms with Gasteiger partial charge >= 0.3 is 0 Å². The van der Waals surface area contributed by atoms with Crippen molar-refractivity contribution in [3.05, 3.63) is 11.7 Å². The number of hydrogen-bond donors (Lipinski definition) is 1. The van der Waals surface area contributed by atoms with Crippen LogP contribution < -0.4 is 5.73 Å². The average Bonchev–Trinajstić information content (AvgIpc) is 2.68. The van der Waals surface area contributed by atoms with Gasteiger partial charge in [0.15, 0.2) is 5.82 Å². The summed E-state index contributed by atoms with van der Waals surface area (Å²) in [6.07, 6.45) is 2.31. The van der Waals surface area contributed by atoms with E-state index in [4.69, 9.17) is 10.3 Å². The number of nitrogens with two attached hydrogens (primary N) is 1. The van der Waals surface area contributed by atoms with E-state index in [0.29, 0.717) is 11.8 Å². The van der Waals surface area contributed by atoms with Crippen LogP contribution in [0.25, 0.3) is 0 Å². The molecule has 5 heteroatoms.